The summed E-state index contributed by atoms with van der Waals surface area (Å²) in [6.07, 6.45) is 1.08. The van der Waals surface area contributed by atoms with E-state index in [1.165, 1.54) is 16.8 Å². The molecule has 0 fully saturated rings. The average Bonchev–Trinajstić information content (AvgIpc) is 3.08. The lowest BCUT2D eigenvalue weighted by Gasteiger charge is -2.22. The zero-order valence-electron chi connectivity index (χ0n) is 17.3. The largest absolute Gasteiger partial charge is 0.476 e. The van der Waals surface area contributed by atoms with E-state index in [0.717, 1.165) is 6.20 Å². The van der Waals surface area contributed by atoms with Gasteiger partial charge in [0.2, 0.25) is 5.95 Å². The smallest absolute Gasteiger partial charge is 0.358 e. The molecule has 2 N–H and O–H groups in total. The number of pyridine rings is 1. The van der Waals surface area contributed by atoms with Gasteiger partial charge in [-0.3, -0.25) is 4.68 Å². The summed E-state index contributed by atoms with van der Waals surface area (Å²) in [5.74, 6) is -0.669. The number of nitrogens with zero attached hydrogens (tertiary/aromatic N) is 6. The van der Waals surface area contributed by atoms with E-state index in [4.69, 9.17) is 4.74 Å². The Bertz CT molecular complexity index is 1040. The Kier molecular flexibility index (Phi) is 6.40. The zero-order chi connectivity index (χ0) is 21.8. The second-order valence-corrected chi connectivity index (χ2v) is 6.83. The molecule has 0 saturated heterocycles. The highest BCUT2D eigenvalue weighted by atomic mass is 19.1. The summed E-state index contributed by atoms with van der Waals surface area (Å²) in [4.78, 5) is 26.7. The SMILES string of the molecule is CCOCCn1nc(C(=O)O)c2nc(N(C)C(C)C)nc(Nc3ccc(F)cn3)c21. The molecule has 3 aromatic heterocycles. The molecular formula is C19H24FN7O3. The van der Waals surface area contributed by atoms with E-state index in [1.807, 2.05) is 32.7 Å². The van der Waals surface area contributed by atoms with Crippen molar-refractivity contribution in [3.63, 3.8) is 0 Å². The van der Waals surface area contributed by atoms with Crippen LogP contribution in [0.2, 0.25) is 0 Å². The quantitative estimate of drug-likeness (QED) is 0.507. The second-order valence-electron chi connectivity index (χ2n) is 6.83. The van der Waals surface area contributed by atoms with Crippen LogP contribution in [0.4, 0.5) is 22.0 Å². The van der Waals surface area contributed by atoms with Gasteiger partial charge in [0.1, 0.15) is 22.7 Å². The van der Waals surface area contributed by atoms with Gasteiger partial charge in [-0.15, -0.1) is 0 Å². The van der Waals surface area contributed by atoms with E-state index < -0.39 is 11.8 Å². The molecule has 0 radical (unpaired) electrons. The molecule has 0 atom stereocenters. The average molecular weight is 417 g/mol. The van der Waals surface area contributed by atoms with Crippen molar-refractivity contribution in [3.8, 4) is 0 Å². The summed E-state index contributed by atoms with van der Waals surface area (Å²) in [5.41, 5.74) is 0.415. The van der Waals surface area contributed by atoms with Crippen LogP contribution >= 0.6 is 0 Å². The molecule has 0 aliphatic carbocycles. The first kappa shape index (κ1) is 21.4. The fourth-order valence-electron chi connectivity index (χ4n) is 2.72. The molecule has 0 spiro atoms. The van der Waals surface area contributed by atoms with E-state index in [2.05, 4.69) is 25.4 Å². The number of halogens is 1. The number of hydrogen-bond donors (Lipinski definition) is 2. The lowest BCUT2D eigenvalue weighted by Crippen LogP contribution is -2.28. The highest BCUT2D eigenvalue weighted by Crippen LogP contribution is 2.28. The highest BCUT2D eigenvalue weighted by molar-refractivity contribution is 6.03. The third-order valence-electron chi connectivity index (χ3n) is 4.49. The molecule has 0 bridgehead atoms. The summed E-state index contributed by atoms with van der Waals surface area (Å²) in [6.45, 7) is 6.97. The number of anilines is 3. The van der Waals surface area contributed by atoms with Crippen LogP contribution in [0.1, 0.15) is 31.3 Å². The number of fused-ring (bicyclic) bond motifs is 1. The molecule has 3 rings (SSSR count). The minimum absolute atomic E-state index is 0.0699. The Labute approximate surface area is 172 Å². The number of carbonyl (C=O) groups is 1. The molecule has 11 heteroatoms. The van der Waals surface area contributed by atoms with E-state index in [9.17, 15) is 14.3 Å². The number of hydrogen-bond acceptors (Lipinski definition) is 8. The number of ether oxygens (including phenoxy) is 1. The Morgan fingerprint density at radius 3 is 2.73 bits per heavy atom. The topological polar surface area (TPSA) is 118 Å². The summed E-state index contributed by atoms with van der Waals surface area (Å²) in [6, 6.07) is 2.80. The van der Waals surface area contributed by atoms with Gasteiger partial charge < -0.3 is 20.1 Å². The van der Waals surface area contributed by atoms with Crippen LogP contribution in [-0.4, -0.2) is 62.1 Å². The molecule has 3 aromatic rings. The number of nitrogens with one attached hydrogen (secondary N) is 1. The van der Waals surface area contributed by atoms with E-state index >= 15 is 0 Å². The molecule has 0 amide bonds. The molecule has 0 unspecified atom stereocenters. The summed E-state index contributed by atoms with van der Waals surface area (Å²) >= 11 is 0. The minimum atomic E-state index is -1.20. The van der Waals surface area contributed by atoms with Crippen molar-refractivity contribution < 1.29 is 19.0 Å². The maximum absolute atomic E-state index is 13.3. The predicted octanol–water partition coefficient (Wildman–Crippen LogP) is 2.68. The van der Waals surface area contributed by atoms with Gasteiger partial charge in [0, 0.05) is 19.7 Å². The van der Waals surface area contributed by atoms with Crippen molar-refractivity contribution in [2.24, 2.45) is 0 Å². The molecule has 0 saturated carbocycles. The lowest BCUT2D eigenvalue weighted by atomic mass is 10.3. The summed E-state index contributed by atoms with van der Waals surface area (Å²) in [5, 5.41) is 16.9. The maximum Gasteiger partial charge on any atom is 0.358 e. The molecule has 10 nitrogen and oxygen atoms in total. The summed E-state index contributed by atoms with van der Waals surface area (Å²) in [7, 11) is 1.81. The Balaban J connectivity index is 2.19. The van der Waals surface area contributed by atoms with Crippen molar-refractivity contribution >= 4 is 34.6 Å². The normalized spacial score (nSPS) is 11.3. The number of carboxylic acids is 1. The Morgan fingerprint density at radius 1 is 1.37 bits per heavy atom. The van der Waals surface area contributed by atoms with Crippen molar-refractivity contribution in [1.29, 1.82) is 0 Å². The highest BCUT2D eigenvalue weighted by Gasteiger charge is 2.24. The summed E-state index contributed by atoms with van der Waals surface area (Å²) < 4.78 is 20.1. The fourth-order valence-corrected chi connectivity index (χ4v) is 2.72. The van der Waals surface area contributed by atoms with Gasteiger partial charge >= 0.3 is 5.97 Å². The van der Waals surface area contributed by atoms with Crippen molar-refractivity contribution in [1.82, 2.24) is 24.7 Å². The minimum Gasteiger partial charge on any atom is -0.476 e. The molecule has 0 aromatic carbocycles. The standard InChI is InChI=1S/C19H24FN7O3/c1-5-30-9-8-27-16-14(15(25-27)18(28)29)23-19(26(4)11(2)3)24-17(16)22-13-7-6-12(20)10-21-13/h6-7,10-11H,5,8-9H2,1-4H3,(H,28,29)(H,21,22,23,24). The van der Waals surface area contributed by atoms with Crippen LogP contribution < -0.4 is 10.2 Å². The van der Waals surface area contributed by atoms with Crippen LogP contribution in [-0.2, 0) is 11.3 Å². The first-order valence-electron chi connectivity index (χ1n) is 9.52. The van der Waals surface area contributed by atoms with E-state index in [1.54, 1.807) is 0 Å². The predicted molar refractivity (Wildman–Crippen MR) is 110 cm³/mol. The molecule has 30 heavy (non-hydrogen) atoms. The van der Waals surface area contributed by atoms with Crippen molar-refractivity contribution in [3.05, 3.63) is 29.8 Å². The molecule has 0 aliphatic rings. The molecule has 160 valence electrons. The van der Waals surface area contributed by atoms with Crippen molar-refractivity contribution in [2.75, 3.05) is 30.5 Å². The Hall–Kier alpha value is -3.34. The number of rotatable bonds is 9. The van der Waals surface area contributed by atoms with Crippen molar-refractivity contribution in [2.45, 2.75) is 33.4 Å². The van der Waals surface area contributed by atoms with Gasteiger partial charge in [-0.1, -0.05) is 0 Å². The van der Waals surface area contributed by atoms with Crippen LogP contribution in [0.15, 0.2) is 18.3 Å². The number of aromatic nitrogens is 5. The van der Waals surface area contributed by atoms with Gasteiger partial charge in [-0.05, 0) is 32.9 Å². The maximum atomic E-state index is 13.3. The van der Waals surface area contributed by atoms with E-state index in [0.29, 0.717) is 42.9 Å². The van der Waals surface area contributed by atoms with Gasteiger partial charge in [0.15, 0.2) is 11.5 Å². The van der Waals surface area contributed by atoms with Crippen LogP contribution in [0.5, 0.6) is 0 Å². The monoisotopic (exact) mass is 417 g/mol. The first-order valence-corrected chi connectivity index (χ1v) is 9.52. The van der Waals surface area contributed by atoms with Gasteiger partial charge in [-0.2, -0.15) is 10.1 Å². The van der Waals surface area contributed by atoms with Crippen LogP contribution in [0, 0.1) is 5.82 Å². The molecule has 3 heterocycles. The zero-order valence-corrected chi connectivity index (χ0v) is 17.3. The number of carboxylic acid groups (broad SMARTS) is 1. The van der Waals surface area contributed by atoms with E-state index in [-0.39, 0.29) is 17.3 Å². The third kappa shape index (κ3) is 4.46. The van der Waals surface area contributed by atoms with Crippen LogP contribution in [0.25, 0.3) is 11.0 Å². The van der Waals surface area contributed by atoms with Gasteiger partial charge in [0.25, 0.3) is 0 Å². The van der Waals surface area contributed by atoms with Gasteiger partial charge in [0.05, 0.1) is 19.3 Å². The Morgan fingerprint density at radius 2 is 2.13 bits per heavy atom. The van der Waals surface area contributed by atoms with Gasteiger partial charge in [-0.25, -0.2) is 19.2 Å². The third-order valence-corrected chi connectivity index (χ3v) is 4.49. The fraction of sp³-hybridized carbons (Fsp3) is 0.421. The number of aromatic carboxylic acids is 1. The van der Waals surface area contributed by atoms with Crippen LogP contribution in [0.3, 0.4) is 0 Å². The molecule has 0 aliphatic heterocycles. The first-order chi connectivity index (χ1) is 14.3. The second kappa shape index (κ2) is 8.99. The molecular weight excluding hydrogens is 393 g/mol. The lowest BCUT2D eigenvalue weighted by molar-refractivity contribution is 0.0690.